The Balaban J connectivity index is 1.69. The third kappa shape index (κ3) is 4.52. The van der Waals surface area contributed by atoms with Gasteiger partial charge in [0.1, 0.15) is 0 Å². The predicted octanol–water partition coefficient (Wildman–Crippen LogP) is 1.86. The molecule has 0 aromatic rings. The Hall–Kier alpha value is -0.120. The lowest BCUT2D eigenvalue weighted by molar-refractivity contribution is 0.151. The Labute approximate surface area is 112 Å². The van der Waals surface area contributed by atoms with Crippen LogP contribution in [0.3, 0.4) is 0 Å². The molecule has 0 spiro atoms. The van der Waals surface area contributed by atoms with E-state index in [1.54, 1.807) is 0 Å². The van der Waals surface area contributed by atoms with Gasteiger partial charge in [-0.2, -0.15) is 0 Å². The molecule has 1 saturated carbocycles. The largest absolute Gasteiger partial charge is 0.396 e. The lowest BCUT2D eigenvalue weighted by Crippen LogP contribution is -2.48. The second-order valence-electron chi connectivity index (χ2n) is 6.44. The average Bonchev–Trinajstić information content (AvgIpc) is 2.86. The molecule has 0 aromatic carbocycles. The number of nitrogens with one attached hydrogen (secondary N) is 1. The summed E-state index contributed by atoms with van der Waals surface area (Å²) in [6.07, 6.45) is 9.20. The van der Waals surface area contributed by atoms with Crippen LogP contribution in [0.25, 0.3) is 0 Å². The summed E-state index contributed by atoms with van der Waals surface area (Å²) in [5.41, 5.74) is 0. The van der Waals surface area contributed by atoms with E-state index in [-0.39, 0.29) is 0 Å². The lowest BCUT2D eigenvalue weighted by atomic mass is 9.90. The molecule has 2 fully saturated rings. The Kier molecular flexibility index (Phi) is 5.93. The summed E-state index contributed by atoms with van der Waals surface area (Å²) in [6.45, 7) is 3.98. The van der Waals surface area contributed by atoms with E-state index in [0.717, 1.165) is 18.3 Å². The molecule has 0 amide bonds. The molecule has 2 unspecified atom stereocenters. The molecule has 2 rings (SSSR count). The fourth-order valence-corrected chi connectivity index (χ4v) is 3.73. The molecule has 106 valence electrons. The van der Waals surface area contributed by atoms with E-state index in [9.17, 15) is 0 Å². The fourth-order valence-electron chi connectivity index (χ4n) is 3.73. The third-order valence-electron chi connectivity index (χ3n) is 4.66. The van der Waals surface area contributed by atoms with Crippen LogP contribution in [-0.4, -0.2) is 49.3 Å². The van der Waals surface area contributed by atoms with Gasteiger partial charge in [0, 0.05) is 25.7 Å². The summed E-state index contributed by atoms with van der Waals surface area (Å²) in [5.74, 6) is 1.71. The molecule has 18 heavy (non-hydrogen) atoms. The molecule has 0 aromatic heterocycles. The van der Waals surface area contributed by atoms with Gasteiger partial charge in [-0.15, -0.1) is 0 Å². The smallest absolute Gasteiger partial charge is 0.0431 e. The standard InChI is InChI=1S/C15H30N2O/c1-17-11-14(7-4-8-18)9-15(12-17)16-10-13-5-2-3-6-13/h13-16,18H,2-12H2,1H3. The lowest BCUT2D eigenvalue weighted by Gasteiger charge is -2.36. The maximum absolute atomic E-state index is 8.95. The van der Waals surface area contributed by atoms with Gasteiger partial charge in [0.25, 0.3) is 0 Å². The minimum Gasteiger partial charge on any atom is -0.396 e. The number of hydrogen-bond donors (Lipinski definition) is 2. The van der Waals surface area contributed by atoms with E-state index in [1.807, 2.05) is 0 Å². The Morgan fingerprint density at radius 3 is 2.67 bits per heavy atom. The van der Waals surface area contributed by atoms with Crippen molar-refractivity contribution in [3.63, 3.8) is 0 Å². The summed E-state index contributed by atoms with van der Waals surface area (Å²) in [6, 6.07) is 0.674. The molecule has 3 nitrogen and oxygen atoms in total. The zero-order valence-electron chi connectivity index (χ0n) is 11.9. The molecule has 1 saturated heterocycles. The van der Waals surface area contributed by atoms with E-state index < -0.39 is 0 Å². The van der Waals surface area contributed by atoms with E-state index >= 15 is 0 Å². The van der Waals surface area contributed by atoms with E-state index in [0.29, 0.717) is 12.6 Å². The van der Waals surface area contributed by atoms with Gasteiger partial charge in [0.2, 0.25) is 0 Å². The van der Waals surface area contributed by atoms with Crippen LogP contribution in [-0.2, 0) is 0 Å². The zero-order valence-corrected chi connectivity index (χ0v) is 11.9. The summed E-state index contributed by atoms with van der Waals surface area (Å²) in [4.78, 5) is 2.46. The number of hydrogen-bond acceptors (Lipinski definition) is 3. The second kappa shape index (κ2) is 7.46. The normalized spacial score (nSPS) is 31.0. The minimum absolute atomic E-state index is 0.348. The molecule has 2 N–H and O–H groups in total. The van der Waals surface area contributed by atoms with E-state index in [1.165, 1.54) is 58.2 Å². The Bertz CT molecular complexity index is 229. The first kappa shape index (κ1) is 14.3. The second-order valence-corrected chi connectivity index (χ2v) is 6.44. The van der Waals surface area contributed by atoms with Crippen molar-refractivity contribution in [2.75, 3.05) is 33.3 Å². The topological polar surface area (TPSA) is 35.5 Å². The maximum atomic E-state index is 8.95. The average molecular weight is 254 g/mol. The molecule has 1 aliphatic carbocycles. The van der Waals surface area contributed by atoms with Crippen molar-refractivity contribution in [2.24, 2.45) is 11.8 Å². The maximum Gasteiger partial charge on any atom is 0.0431 e. The highest BCUT2D eigenvalue weighted by molar-refractivity contribution is 4.83. The van der Waals surface area contributed by atoms with Gasteiger partial charge >= 0.3 is 0 Å². The van der Waals surface area contributed by atoms with Gasteiger partial charge < -0.3 is 15.3 Å². The monoisotopic (exact) mass is 254 g/mol. The Morgan fingerprint density at radius 1 is 1.17 bits per heavy atom. The highest BCUT2D eigenvalue weighted by atomic mass is 16.2. The van der Waals surface area contributed by atoms with Crippen molar-refractivity contribution in [1.82, 2.24) is 10.2 Å². The first-order valence-electron chi connectivity index (χ1n) is 7.80. The van der Waals surface area contributed by atoms with Crippen molar-refractivity contribution in [3.05, 3.63) is 0 Å². The summed E-state index contributed by atoms with van der Waals surface area (Å²) in [5, 5.41) is 12.7. The minimum atomic E-state index is 0.348. The molecule has 3 heteroatoms. The summed E-state index contributed by atoms with van der Waals surface area (Å²) in [7, 11) is 2.23. The predicted molar refractivity (Wildman–Crippen MR) is 75.7 cm³/mol. The number of aliphatic hydroxyl groups excluding tert-OH is 1. The third-order valence-corrected chi connectivity index (χ3v) is 4.66. The highest BCUT2D eigenvalue weighted by Crippen LogP contribution is 2.25. The van der Waals surface area contributed by atoms with Gasteiger partial charge in [0.05, 0.1) is 0 Å². The SMILES string of the molecule is CN1CC(CCCO)CC(NCC2CCCC2)C1. The molecule has 1 aliphatic heterocycles. The number of nitrogens with zero attached hydrogens (tertiary/aromatic N) is 1. The molecule has 2 aliphatic rings. The van der Waals surface area contributed by atoms with Crippen molar-refractivity contribution in [3.8, 4) is 0 Å². The number of piperidine rings is 1. The van der Waals surface area contributed by atoms with Crippen LogP contribution < -0.4 is 5.32 Å². The summed E-state index contributed by atoms with van der Waals surface area (Å²) >= 11 is 0. The van der Waals surface area contributed by atoms with Gasteiger partial charge in [0.15, 0.2) is 0 Å². The van der Waals surface area contributed by atoms with Gasteiger partial charge in [-0.05, 0) is 57.5 Å². The van der Waals surface area contributed by atoms with Crippen LogP contribution in [0.4, 0.5) is 0 Å². The van der Waals surface area contributed by atoms with Gasteiger partial charge in [-0.1, -0.05) is 12.8 Å². The highest BCUT2D eigenvalue weighted by Gasteiger charge is 2.25. The number of likely N-dealkylation sites (N-methyl/N-ethyl adjacent to an activating group) is 1. The quantitative estimate of drug-likeness (QED) is 0.759. The van der Waals surface area contributed by atoms with Gasteiger partial charge in [-0.3, -0.25) is 0 Å². The van der Waals surface area contributed by atoms with Gasteiger partial charge in [-0.25, -0.2) is 0 Å². The number of aliphatic hydroxyl groups is 1. The Morgan fingerprint density at radius 2 is 1.94 bits per heavy atom. The fraction of sp³-hybridized carbons (Fsp3) is 1.00. The zero-order chi connectivity index (χ0) is 12.8. The van der Waals surface area contributed by atoms with Crippen LogP contribution >= 0.6 is 0 Å². The first-order valence-corrected chi connectivity index (χ1v) is 7.80. The van der Waals surface area contributed by atoms with Crippen LogP contribution in [0.15, 0.2) is 0 Å². The number of rotatable bonds is 6. The molecule has 0 radical (unpaired) electrons. The van der Waals surface area contributed by atoms with Crippen molar-refractivity contribution < 1.29 is 5.11 Å². The van der Waals surface area contributed by atoms with Crippen molar-refractivity contribution in [1.29, 1.82) is 0 Å². The number of likely N-dealkylation sites (tertiary alicyclic amines) is 1. The molecule has 0 bridgehead atoms. The molecule has 1 heterocycles. The first-order chi connectivity index (χ1) is 8.78. The van der Waals surface area contributed by atoms with E-state index in [4.69, 9.17) is 5.11 Å². The molecule has 2 atom stereocenters. The van der Waals surface area contributed by atoms with Crippen LogP contribution in [0.1, 0.15) is 44.9 Å². The van der Waals surface area contributed by atoms with E-state index in [2.05, 4.69) is 17.3 Å². The van der Waals surface area contributed by atoms with Crippen molar-refractivity contribution >= 4 is 0 Å². The molecular formula is C15H30N2O. The van der Waals surface area contributed by atoms with Crippen LogP contribution in [0.2, 0.25) is 0 Å². The van der Waals surface area contributed by atoms with Crippen molar-refractivity contribution in [2.45, 2.75) is 51.0 Å². The van der Waals surface area contributed by atoms with Crippen LogP contribution in [0, 0.1) is 11.8 Å². The van der Waals surface area contributed by atoms with Crippen LogP contribution in [0.5, 0.6) is 0 Å². The summed E-state index contributed by atoms with van der Waals surface area (Å²) < 4.78 is 0. The molecular weight excluding hydrogens is 224 g/mol.